The highest BCUT2D eigenvalue weighted by Crippen LogP contribution is 2.38. The molecule has 126 valence electrons. The SMILES string of the molecule is [2H]CN(c1csc2c(N3CCOC[C@H]3C)nc(Cl)nc12)S(C)(=O)=O. The summed E-state index contributed by atoms with van der Waals surface area (Å²) in [5, 5.41) is 1.73. The smallest absolute Gasteiger partial charge is 0.232 e. The lowest BCUT2D eigenvalue weighted by molar-refractivity contribution is 0.0987. The molecule has 0 saturated carbocycles. The van der Waals surface area contributed by atoms with Gasteiger partial charge in [-0.15, -0.1) is 11.3 Å². The van der Waals surface area contributed by atoms with Crippen LogP contribution in [0.5, 0.6) is 0 Å². The van der Waals surface area contributed by atoms with Crippen molar-refractivity contribution in [1.82, 2.24) is 9.97 Å². The normalized spacial score (nSPS) is 19.9. The minimum absolute atomic E-state index is 0.0503. The minimum Gasteiger partial charge on any atom is -0.377 e. The number of fused-ring (bicyclic) bond motifs is 1. The maximum absolute atomic E-state index is 11.9. The molecule has 0 unspecified atom stereocenters. The molecule has 1 aliphatic heterocycles. The zero-order chi connectivity index (χ0) is 17.5. The maximum atomic E-state index is 11.9. The maximum Gasteiger partial charge on any atom is 0.232 e. The zero-order valence-electron chi connectivity index (χ0n) is 13.7. The Balaban J connectivity index is 2.17. The van der Waals surface area contributed by atoms with Crippen LogP contribution in [0.3, 0.4) is 0 Å². The number of halogens is 1. The predicted octanol–water partition coefficient (Wildman–Crippen LogP) is 1.97. The number of ether oxygens (including phenoxy) is 1. The third kappa shape index (κ3) is 3.10. The second-order valence-electron chi connectivity index (χ2n) is 5.34. The van der Waals surface area contributed by atoms with Crippen LogP contribution in [0.25, 0.3) is 10.2 Å². The van der Waals surface area contributed by atoms with Crippen molar-refractivity contribution in [1.29, 1.82) is 0 Å². The summed E-state index contributed by atoms with van der Waals surface area (Å²) in [5.74, 6) is 0.676. The van der Waals surface area contributed by atoms with E-state index < -0.39 is 17.0 Å². The van der Waals surface area contributed by atoms with Gasteiger partial charge in [0.25, 0.3) is 0 Å². The average Bonchev–Trinajstić information content (AvgIpc) is 2.90. The van der Waals surface area contributed by atoms with E-state index in [2.05, 4.69) is 14.9 Å². The summed E-state index contributed by atoms with van der Waals surface area (Å²) in [7, 11) is -4.00. The summed E-state index contributed by atoms with van der Waals surface area (Å²) in [6, 6.07) is 0.126. The van der Waals surface area contributed by atoms with E-state index in [1.807, 2.05) is 6.92 Å². The van der Waals surface area contributed by atoms with Crippen molar-refractivity contribution in [3.63, 3.8) is 0 Å². The lowest BCUT2D eigenvalue weighted by Crippen LogP contribution is -2.44. The number of sulfonamides is 1. The van der Waals surface area contributed by atoms with E-state index >= 15 is 0 Å². The molecule has 1 saturated heterocycles. The molecule has 0 aliphatic carbocycles. The lowest BCUT2D eigenvalue weighted by atomic mass is 10.2. The number of nitrogens with zero attached hydrogens (tertiary/aromatic N) is 4. The molecule has 0 radical (unpaired) electrons. The van der Waals surface area contributed by atoms with Crippen LogP contribution in [-0.2, 0) is 14.8 Å². The number of hydrogen-bond acceptors (Lipinski definition) is 7. The van der Waals surface area contributed by atoms with Crippen LogP contribution >= 0.6 is 22.9 Å². The standard InChI is InChI=1S/C13H17ClN4O3S2/c1-8-6-21-5-4-18(8)12-11-10(15-13(14)16-12)9(7-22-11)17(2)23(3,19)20/h7-8H,4-6H2,1-3H3/t8-/m1/s1/i2D. The van der Waals surface area contributed by atoms with Gasteiger partial charge < -0.3 is 9.64 Å². The van der Waals surface area contributed by atoms with Gasteiger partial charge in [0.1, 0.15) is 5.52 Å². The summed E-state index contributed by atoms with van der Waals surface area (Å²) in [6.07, 6.45) is 1.07. The third-order valence-electron chi connectivity index (χ3n) is 3.66. The molecule has 3 rings (SSSR count). The quantitative estimate of drug-likeness (QED) is 0.761. The van der Waals surface area contributed by atoms with Gasteiger partial charge in [-0.3, -0.25) is 4.31 Å². The van der Waals surface area contributed by atoms with Crippen LogP contribution in [0, 0.1) is 0 Å². The first-order chi connectivity index (χ1) is 11.3. The summed E-state index contributed by atoms with van der Waals surface area (Å²) < 4.78 is 38.6. The number of thiophene rings is 1. The lowest BCUT2D eigenvalue weighted by Gasteiger charge is -2.34. The number of morpholine rings is 1. The van der Waals surface area contributed by atoms with Crippen molar-refractivity contribution < 1.29 is 14.5 Å². The van der Waals surface area contributed by atoms with E-state index in [0.29, 0.717) is 36.8 Å². The van der Waals surface area contributed by atoms with Crippen molar-refractivity contribution in [3.8, 4) is 0 Å². The van der Waals surface area contributed by atoms with Gasteiger partial charge >= 0.3 is 0 Å². The van der Waals surface area contributed by atoms with Crippen LogP contribution in [0.2, 0.25) is 5.28 Å². The van der Waals surface area contributed by atoms with Crippen molar-refractivity contribution in [2.45, 2.75) is 13.0 Å². The van der Waals surface area contributed by atoms with E-state index in [4.69, 9.17) is 17.7 Å². The van der Waals surface area contributed by atoms with Gasteiger partial charge in [0, 0.05) is 20.3 Å². The van der Waals surface area contributed by atoms with E-state index in [1.165, 1.54) is 11.3 Å². The summed E-state index contributed by atoms with van der Waals surface area (Å²) in [4.78, 5) is 10.7. The molecule has 0 bridgehead atoms. The Labute approximate surface area is 145 Å². The Morgan fingerprint density at radius 1 is 1.57 bits per heavy atom. The first-order valence-electron chi connectivity index (χ1n) is 7.59. The van der Waals surface area contributed by atoms with Gasteiger partial charge in [-0.05, 0) is 18.5 Å². The van der Waals surface area contributed by atoms with Crippen molar-refractivity contribution in [2.24, 2.45) is 0 Å². The predicted molar refractivity (Wildman–Crippen MR) is 93.3 cm³/mol. The summed E-state index contributed by atoms with van der Waals surface area (Å²) in [5.41, 5.74) is 0.810. The van der Waals surface area contributed by atoms with Crippen molar-refractivity contribution in [3.05, 3.63) is 10.7 Å². The Morgan fingerprint density at radius 3 is 3.00 bits per heavy atom. The Bertz CT molecular complexity index is 860. The second-order valence-corrected chi connectivity index (χ2v) is 8.47. The van der Waals surface area contributed by atoms with E-state index in [0.717, 1.165) is 15.3 Å². The van der Waals surface area contributed by atoms with Gasteiger partial charge in [0.05, 0.1) is 35.9 Å². The van der Waals surface area contributed by atoms with Gasteiger partial charge in [0.2, 0.25) is 15.3 Å². The van der Waals surface area contributed by atoms with Crippen molar-refractivity contribution in [2.75, 3.05) is 42.2 Å². The van der Waals surface area contributed by atoms with E-state index in [1.54, 1.807) is 5.38 Å². The topological polar surface area (TPSA) is 75.6 Å². The number of rotatable bonds is 3. The first kappa shape index (κ1) is 15.4. The van der Waals surface area contributed by atoms with Crippen LogP contribution < -0.4 is 9.21 Å². The van der Waals surface area contributed by atoms with Gasteiger partial charge in [0.15, 0.2) is 5.82 Å². The molecule has 1 atom stereocenters. The van der Waals surface area contributed by atoms with Crippen LogP contribution in [0.1, 0.15) is 8.29 Å². The van der Waals surface area contributed by atoms with E-state index in [-0.39, 0.29) is 11.3 Å². The molecule has 2 aromatic rings. The molecule has 7 nitrogen and oxygen atoms in total. The monoisotopic (exact) mass is 377 g/mol. The van der Waals surface area contributed by atoms with Gasteiger partial charge in [-0.2, -0.15) is 4.98 Å². The summed E-state index contributed by atoms with van der Waals surface area (Å²) in [6.45, 7) is 3.88. The second kappa shape index (κ2) is 6.04. The molecule has 0 aromatic carbocycles. The molecule has 0 N–H and O–H groups in total. The molecule has 0 spiro atoms. The fourth-order valence-corrected chi connectivity index (χ4v) is 4.18. The average molecular weight is 378 g/mol. The van der Waals surface area contributed by atoms with E-state index in [9.17, 15) is 8.42 Å². The largest absolute Gasteiger partial charge is 0.377 e. The van der Waals surface area contributed by atoms with Crippen LogP contribution in [-0.4, -0.2) is 57.5 Å². The summed E-state index contributed by atoms with van der Waals surface area (Å²) >= 11 is 7.44. The van der Waals surface area contributed by atoms with Gasteiger partial charge in [-0.1, -0.05) is 0 Å². The molecule has 10 heteroatoms. The zero-order valence-corrected chi connectivity index (χ0v) is 15.1. The molecule has 1 fully saturated rings. The molecule has 23 heavy (non-hydrogen) atoms. The van der Waals surface area contributed by atoms with Gasteiger partial charge in [-0.25, -0.2) is 13.4 Å². The fraction of sp³-hybridized carbons (Fsp3) is 0.538. The Kier molecular flexibility index (Phi) is 4.04. The van der Waals surface area contributed by atoms with Crippen LogP contribution in [0.4, 0.5) is 11.5 Å². The molecular weight excluding hydrogens is 360 g/mol. The number of hydrogen-bond donors (Lipinski definition) is 0. The molecule has 1 aliphatic rings. The third-order valence-corrected chi connectivity index (χ3v) is 5.78. The molecular formula is C13H17ClN4O3S2. The molecule has 2 aromatic heterocycles. The minimum atomic E-state index is -3.58. The Hall–Kier alpha value is -1.16. The highest BCUT2D eigenvalue weighted by atomic mass is 35.5. The number of anilines is 2. The Morgan fingerprint density at radius 2 is 2.35 bits per heavy atom. The molecule has 3 heterocycles. The molecule has 0 amide bonds. The van der Waals surface area contributed by atoms with Crippen LogP contribution in [0.15, 0.2) is 5.38 Å². The fourth-order valence-electron chi connectivity index (χ4n) is 2.46. The van der Waals surface area contributed by atoms with Crippen molar-refractivity contribution >= 4 is 54.7 Å². The first-order valence-corrected chi connectivity index (χ1v) is 9.99. The number of aromatic nitrogens is 2. The highest BCUT2D eigenvalue weighted by molar-refractivity contribution is 7.92. The highest BCUT2D eigenvalue weighted by Gasteiger charge is 2.26.